The van der Waals surface area contributed by atoms with E-state index in [-0.39, 0.29) is 0 Å². The average molecular weight is 404 g/mol. The zero-order valence-corrected chi connectivity index (χ0v) is 16.4. The van der Waals surface area contributed by atoms with Crippen LogP contribution in [0.5, 0.6) is 0 Å². The number of thiophene rings is 1. The molecule has 0 radical (unpaired) electrons. The lowest BCUT2D eigenvalue weighted by atomic mass is 10.1. The maximum atomic E-state index is 6.09. The van der Waals surface area contributed by atoms with Gasteiger partial charge in [-0.05, 0) is 55.7 Å². The Balaban J connectivity index is 1.59. The molecule has 26 heavy (non-hydrogen) atoms. The van der Waals surface area contributed by atoms with Crippen LogP contribution >= 0.6 is 35.2 Å². The summed E-state index contributed by atoms with van der Waals surface area (Å²) < 4.78 is 2.07. The van der Waals surface area contributed by atoms with Crippen molar-refractivity contribution in [3.63, 3.8) is 0 Å². The van der Waals surface area contributed by atoms with Crippen molar-refractivity contribution in [2.45, 2.75) is 19.3 Å². The summed E-state index contributed by atoms with van der Waals surface area (Å²) in [6.45, 7) is 2.28. The highest BCUT2D eigenvalue weighted by Crippen LogP contribution is 2.28. The molecule has 5 nitrogen and oxygen atoms in total. The van der Waals surface area contributed by atoms with Gasteiger partial charge in [0.2, 0.25) is 4.77 Å². The van der Waals surface area contributed by atoms with Gasteiger partial charge in [-0.15, -0.1) is 11.3 Å². The summed E-state index contributed by atoms with van der Waals surface area (Å²) in [6.07, 6.45) is 5.71. The fourth-order valence-corrected chi connectivity index (χ4v) is 4.32. The molecule has 8 heteroatoms. The first-order chi connectivity index (χ1) is 12.7. The van der Waals surface area contributed by atoms with Gasteiger partial charge in [-0.2, -0.15) is 14.9 Å². The summed E-state index contributed by atoms with van der Waals surface area (Å²) in [5.41, 5.74) is 0.863. The van der Waals surface area contributed by atoms with Gasteiger partial charge in [-0.25, -0.2) is 5.10 Å². The Hall–Kier alpha value is -1.96. The second-order valence-electron chi connectivity index (χ2n) is 6.14. The second-order valence-corrected chi connectivity index (χ2v) is 8.06. The molecule has 0 saturated carbocycles. The molecule has 134 valence electrons. The molecular weight excluding hydrogens is 386 g/mol. The van der Waals surface area contributed by atoms with Crippen LogP contribution in [0.25, 0.3) is 11.4 Å². The number of anilines is 1. The summed E-state index contributed by atoms with van der Waals surface area (Å²) in [7, 11) is 0. The number of halogens is 1. The van der Waals surface area contributed by atoms with E-state index in [1.54, 1.807) is 16.0 Å². The van der Waals surface area contributed by atoms with Gasteiger partial charge in [0.15, 0.2) is 5.82 Å². The van der Waals surface area contributed by atoms with Crippen molar-refractivity contribution in [2.75, 3.05) is 18.0 Å². The largest absolute Gasteiger partial charge is 0.363 e. The van der Waals surface area contributed by atoms with Crippen LogP contribution in [0.4, 0.5) is 5.00 Å². The van der Waals surface area contributed by atoms with Crippen molar-refractivity contribution in [2.24, 2.45) is 5.10 Å². The minimum Gasteiger partial charge on any atom is -0.363 e. The van der Waals surface area contributed by atoms with E-state index < -0.39 is 0 Å². The van der Waals surface area contributed by atoms with Crippen LogP contribution < -0.4 is 4.90 Å². The van der Waals surface area contributed by atoms with Gasteiger partial charge in [0.05, 0.1) is 11.2 Å². The topological polar surface area (TPSA) is 49.2 Å². The number of H-pyrrole nitrogens is 1. The number of piperidine rings is 1. The van der Waals surface area contributed by atoms with Gasteiger partial charge in [-0.1, -0.05) is 23.7 Å². The van der Waals surface area contributed by atoms with Gasteiger partial charge in [0.25, 0.3) is 0 Å². The highest BCUT2D eigenvalue weighted by atomic mass is 35.5. The molecule has 1 aliphatic heterocycles. The minimum atomic E-state index is 0.448. The molecule has 0 unspecified atom stereocenters. The number of benzene rings is 1. The fourth-order valence-electron chi connectivity index (χ4n) is 3.02. The first kappa shape index (κ1) is 17.5. The molecule has 0 bridgehead atoms. The highest BCUT2D eigenvalue weighted by molar-refractivity contribution is 7.71. The zero-order valence-electron chi connectivity index (χ0n) is 14.1. The lowest BCUT2D eigenvalue weighted by molar-refractivity contribution is 0.580. The molecule has 0 atom stereocenters. The standard InChI is InChI=1S/C18H18ClN5S2/c19-14-6-4-5-13(11-14)17-21-22-18(25)24(17)20-12-15-7-8-16(26-15)23-9-2-1-3-10-23/h4-8,11-12H,1-3,9-10H2,(H,22,25)/b20-12-. The molecule has 2 aromatic heterocycles. The van der Waals surface area contributed by atoms with Crippen LogP contribution in [-0.2, 0) is 0 Å². The highest BCUT2D eigenvalue weighted by Gasteiger charge is 2.13. The third-order valence-corrected chi connectivity index (χ3v) is 5.89. The number of hydrogen-bond donors (Lipinski definition) is 1. The Bertz CT molecular complexity index is 981. The summed E-state index contributed by atoms with van der Waals surface area (Å²) in [4.78, 5) is 3.54. The lowest BCUT2D eigenvalue weighted by Crippen LogP contribution is -2.28. The monoisotopic (exact) mass is 403 g/mol. The van der Waals surface area contributed by atoms with Crippen molar-refractivity contribution in [1.29, 1.82) is 0 Å². The van der Waals surface area contributed by atoms with Crippen molar-refractivity contribution in [3.8, 4) is 11.4 Å². The minimum absolute atomic E-state index is 0.448. The van der Waals surface area contributed by atoms with Crippen LogP contribution in [0, 0.1) is 4.77 Å². The Morgan fingerprint density at radius 3 is 2.85 bits per heavy atom. The van der Waals surface area contributed by atoms with E-state index in [0.29, 0.717) is 15.6 Å². The number of aromatic nitrogens is 3. The zero-order chi connectivity index (χ0) is 17.9. The molecule has 0 spiro atoms. The van der Waals surface area contributed by atoms with Gasteiger partial charge in [0.1, 0.15) is 0 Å². The van der Waals surface area contributed by atoms with Gasteiger partial charge < -0.3 is 4.90 Å². The van der Waals surface area contributed by atoms with Crippen LogP contribution in [0.1, 0.15) is 24.1 Å². The number of nitrogens with zero attached hydrogens (tertiary/aromatic N) is 4. The summed E-state index contributed by atoms with van der Waals surface area (Å²) in [5.74, 6) is 0.640. The Morgan fingerprint density at radius 1 is 1.19 bits per heavy atom. The Morgan fingerprint density at radius 2 is 2.04 bits per heavy atom. The molecule has 3 heterocycles. The molecule has 1 aliphatic rings. The molecule has 1 fully saturated rings. The molecule has 0 amide bonds. The first-order valence-corrected chi connectivity index (χ1v) is 10.1. The van der Waals surface area contributed by atoms with Crippen LogP contribution in [0.2, 0.25) is 5.02 Å². The maximum Gasteiger partial charge on any atom is 0.216 e. The maximum absolute atomic E-state index is 6.09. The predicted octanol–water partition coefficient (Wildman–Crippen LogP) is 5.20. The van der Waals surface area contributed by atoms with Gasteiger partial charge >= 0.3 is 0 Å². The third-order valence-electron chi connectivity index (χ3n) is 4.31. The van der Waals surface area contributed by atoms with E-state index in [0.717, 1.165) is 23.5 Å². The average Bonchev–Trinajstić information content (AvgIpc) is 3.27. The fraction of sp³-hybridized carbons (Fsp3) is 0.278. The van der Waals surface area contributed by atoms with Crippen molar-refractivity contribution >= 4 is 46.4 Å². The molecular formula is C18H18ClN5S2. The van der Waals surface area contributed by atoms with Crippen molar-refractivity contribution in [3.05, 3.63) is 51.1 Å². The molecule has 3 aromatic rings. The second kappa shape index (κ2) is 7.73. The lowest BCUT2D eigenvalue weighted by Gasteiger charge is -2.27. The van der Waals surface area contributed by atoms with Crippen LogP contribution in [-0.4, -0.2) is 34.2 Å². The number of aromatic amines is 1. The van der Waals surface area contributed by atoms with E-state index in [2.05, 4.69) is 32.3 Å². The smallest absolute Gasteiger partial charge is 0.216 e. The van der Waals surface area contributed by atoms with Crippen LogP contribution in [0.15, 0.2) is 41.5 Å². The SMILES string of the molecule is S=c1[nH]nc(-c2cccc(Cl)c2)n1/N=C\c1ccc(N2CCCCC2)s1. The quantitative estimate of drug-likeness (QED) is 0.481. The first-order valence-electron chi connectivity index (χ1n) is 8.53. The van der Waals surface area contributed by atoms with Gasteiger partial charge in [0, 0.05) is 28.6 Å². The number of nitrogens with one attached hydrogen (secondary N) is 1. The third kappa shape index (κ3) is 3.75. The van der Waals surface area contributed by atoms with Crippen LogP contribution in [0.3, 0.4) is 0 Å². The van der Waals surface area contributed by atoms with E-state index in [1.165, 1.54) is 24.3 Å². The van der Waals surface area contributed by atoms with Crippen molar-refractivity contribution < 1.29 is 0 Å². The van der Waals surface area contributed by atoms with E-state index in [4.69, 9.17) is 23.8 Å². The Kier molecular flexibility index (Phi) is 5.19. The van der Waals surface area contributed by atoms with E-state index in [1.807, 2.05) is 30.5 Å². The predicted molar refractivity (Wildman–Crippen MR) is 111 cm³/mol. The number of rotatable bonds is 4. The summed E-state index contributed by atoms with van der Waals surface area (Å²) >= 11 is 13.2. The number of hydrogen-bond acceptors (Lipinski definition) is 5. The van der Waals surface area contributed by atoms with E-state index in [9.17, 15) is 0 Å². The molecule has 1 saturated heterocycles. The van der Waals surface area contributed by atoms with E-state index >= 15 is 0 Å². The summed E-state index contributed by atoms with van der Waals surface area (Å²) in [6, 6.07) is 11.8. The normalized spacial score (nSPS) is 15.0. The molecule has 4 rings (SSSR count). The van der Waals surface area contributed by atoms with Gasteiger partial charge in [-0.3, -0.25) is 0 Å². The summed E-state index contributed by atoms with van der Waals surface area (Å²) in [5, 5.41) is 13.6. The molecule has 1 aromatic carbocycles. The van der Waals surface area contributed by atoms with Crippen molar-refractivity contribution in [1.82, 2.24) is 14.9 Å². The molecule has 1 N–H and O–H groups in total. The Labute approximate surface area is 165 Å². The molecule has 0 aliphatic carbocycles.